The molecule has 2 aromatic carbocycles. The van der Waals surface area contributed by atoms with E-state index in [0.29, 0.717) is 28.6 Å². The molecule has 0 bridgehead atoms. The van der Waals surface area contributed by atoms with Crippen molar-refractivity contribution in [3.8, 4) is 28.6 Å². The first-order valence-electron chi connectivity index (χ1n) is 9.58. The highest BCUT2D eigenvalue weighted by atomic mass is 19.1. The molecule has 31 heavy (non-hydrogen) atoms. The fourth-order valence-electron chi connectivity index (χ4n) is 3.06. The number of aromatic nitrogens is 2. The summed E-state index contributed by atoms with van der Waals surface area (Å²) in [5.74, 6) is 0.863. The number of hydrogen-bond acceptors (Lipinski definition) is 7. The minimum atomic E-state index is -0.570. The van der Waals surface area contributed by atoms with Crippen LogP contribution in [0.5, 0.6) is 17.2 Å². The molecule has 3 rings (SSSR count). The monoisotopic (exact) mass is 429 g/mol. The molecule has 0 fully saturated rings. The molecule has 0 aliphatic rings. The van der Waals surface area contributed by atoms with Crippen LogP contribution in [0, 0.1) is 11.7 Å². The lowest BCUT2D eigenvalue weighted by Gasteiger charge is -2.18. The lowest BCUT2D eigenvalue weighted by molar-refractivity contribution is 0.0913. The van der Waals surface area contributed by atoms with E-state index >= 15 is 0 Å². The van der Waals surface area contributed by atoms with Gasteiger partial charge in [-0.2, -0.15) is 4.98 Å². The molecule has 0 aliphatic carbocycles. The third-order valence-corrected chi connectivity index (χ3v) is 4.67. The summed E-state index contributed by atoms with van der Waals surface area (Å²) >= 11 is 0. The summed E-state index contributed by atoms with van der Waals surface area (Å²) in [7, 11) is 4.54. The van der Waals surface area contributed by atoms with Crippen molar-refractivity contribution in [2.75, 3.05) is 21.3 Å². The molecule has 0 radical (unpaired) electrons. The zero-order chi connectivity index (χ0) is 22.5. The maximum Gasteiger partial charge on any atom is 0.252 e. The standard InChI is InChI=1S/C22H24FN3O5/c1-12(2)18(24-21(27)13-7-6-8-15(23)9-13)22-25-20(26-31-22)14-10-16(28-3)19(30-5)17(11-14)29-4/h6-12,18H,1-5H3,(H,24,27)/t18-/m0/s1. The van der Waals surface area contributed by atoms with Crippen LogP contribution in [0.2, 0.25) is 0 Å². The van der Waals surface area contributed by atoms with Crippen LogP contribution >= 0.6 is 0 Å². The Morgan fingerprint density at radius 2 is 1.74 bits per heavy atom. The number of carbonyl (C=O) groups is 1. The van der Waals surface area contributed by atoms with E-state index in [2.05, 4.69) is 15.5 Å². The van der Waals surface area contributed by atoms with Crippen molar-refractivity contribution < 1.29 is 27.9 Å². The predicted molar refractivity (Wildman–Crippen MR) is 111 cm³/mol. The van der Waals surface area contributed by atoms with Crippen molar-refractivity contribution in [2.45, 2.75) is 19.9 Å². The topological polar surface area (TPSA) is 95.7 Å². The average Bonchev–Trinajstić information content (AvgIpc) is 3.25. The molecular formula is C22H24FN3O5. The molecule has 3 aromatic rings. The third kappa shape index (κ3) is 4.76. The average molecular weight is 429 g/mol. The Hall–Kier alpha value is -3.62. The van der Waals surface area contributed by atoms with Crippen LogP contribution in [-0.2, 0) is 0 Å². The van der Waals surface area contributed by atoms with Gasteiger partial charge in [0.1, 0.15) is 11.9 Å². The van der Waals surface area contributed by atoms with Crippen LogP contribution in [-0.4, -0.2) is 37.4 Å². The fraction of sp³-hybridized carbons (Fsp3) is 0.318. The molecule has 9 heteroatoms. The van der Waals surface area contributed by atoms with Crippen LogP contribution in [0.1, 0.15) is 36.1 Å². The molecule has 0 saturated carbocycles. The number of carbonyl (C=O) groups excluding carboxylic acids is 1. The largest absolute Gasteiger partial charge is 0.493 e. The smallest absolute Gasteiger partial charge is 0.252 e. The van der Waals surface area contributed by atoms with E-state index in [1.807, 2.05) is 13.8 Å². The lowest BCUT2D eigenvalue weighted by Crippen LogP contribution is -2.32. The normalized spacial score (nSPS) is 11.8. The van der Waals surface area contributed by atoms with Gasteiger partial charge in [-0.15, -0.1) is 0 Å². The van der Waals surface area contributed by atoms with Gasteiger partial charge in [-0.1, -0.05) is 25.1 Å². The number of rotatable bonds is 8. The first kappa shape index (κ1) is 22.1. The highest BCUT2D eigenvalue weighted by Gasteiger charge is 2.26. The van der Waals surface area contributed by atoms with Gasteiger partial charge in [0, 0.05) is 11.1 Å². The lowest BCUT2D eigenvalue weighted by atomic mass is 10.0. The van der Waals surface area contributed by atoms with Crippen molar-refractivity contribution >= 4 is 5.91 Å². The Bertz CT molecular complexity index is 1040. The Balaban J connectivity index is 1.91. The first-order valence-corrected chi connectivity index (χ1v) is 9.58. The fourth-order valence-corrected chi connectivity index (χ4v) is 3.06. The van der Waals surface area contributed by atoms with E-state index in [1.54, 1.807) is 12.1 Å². The Kier molecular flexibility index (Phi) is 6.74. The van der Waals surface area contributed by atoms with Crippen molar-refractivity contribution in [3.05, 3.63) is 53.7 Å². The van der Waals surface area contributed by atoms with Gasteiger partial charge in [-0.05, 0) is 36.2 Å². The number of methoxy groups -OCH3 is 3. The quantitative estimate of drug-likeness (QED) is 0.578. The highest BCUT2D eigenvalue weighted by Crippen LogP contribution is 2.40. The molecule has 0 spiro atoms. The summed E-state index contributed by atoms with van der Waals surface area (Å²) in [4.78, 5) is 17.0. The van der Waals surface area contributed by atoms with Gasteiger partial charge in [-0.25, -0.2) is 4.39 Å². The second kappa shape index (κ2) is 9.46. The van der Waals surface area contributed by atoms with Gasteiger partial charge in [0.15, 0.2) is 11.5 Å². The molecule has 1 aromatic heterocycles. The Morgan fingerprint density at radius 3 is 2.29 bits per heavy atom. The minimum absolute atomic E-state index is 0.0641. The molecule has 1 N–H and O–H groups in total. The number of hydrogen-bond donors (Lipinski definition) is 1. The molecule has 164 valence electrons. The number of amides is 1. The highest BCUT2D eigenvalue weighted by molar-refractivity contribution is 5.94. The maximum atomic E-state index is 13.5. The zero-order valence-corrected chi connectivity index (χ0v) is 17.9. The van der Waals surface area contributed by atoms with Crippen LogP contribution in [0.25, 0.3) is 11.4 Å². The van der Waals surface area contributed by atoms with Gasteiger partial charge in [-0.3, -0.25) is 4.79 Å². The molecule has 1 amide bonds. The van der Waals surface area contributed by atoms with Gasteiger partial charge in [0.05, 0.1) is 21.3 Å². The Labute approximate surface area is 179 Å². The van der Waals surface area contributed by atoms with Crippen molar-refractivity contribution in [1.29, 1.82) is 0 Å². The summed E-state index contributed by atoms with van der Waals surface area (Å²) in [5.41, 5.74) is 0.790. The SMILES string of the molecule is COc1cc(-c2noc([C@@H](NC(=O)c3cccc(F)c3)C(C)C)n2)cc(OC)c1OC. The second-order valence-electron chi connectivity index (χ2n) is 7.08. The van der Waals surface area contributed by atoms with E-state index in [4.69, 9.17) is 18.7 Å². The number of ether oxygens (including phenoxy) is 3. The summed E-state index contributed by atoms with van der Waals surface area (Å²) < 4.78 is 35.0. The molecule has 0 saturated heterocycles. The molecule has 0 unspecified atom stereocenters. The van der Waals surface area contributed by atoms with Gasteiger partial charge >= 0.3 is 0 Å². The van der Waals surface area contributed by atoms with Crippen molar-refractivity contribution in [2.24, 2.45) is 5.92 Å². The predicted octanol–water partition coefficient (Wildman–Crippen LogP) is 4.03. The molecule has 0 aliphatic heterocycles. The van der Waals surface area contributed by atoms with Crippen LogP contribution < -0.4 is 19.5 Å². The van der Waals surface area contributed by atoms with E-state index in [9.17, 15) is 9.18 Å². The molecule has 1 heterocycles. The first-order chi connectivity index (χ1) is 14.9. The maximum absolute atomic E-state index is 13.5. The van der Waals surface area contributed by atoms with E-state index < -0.39 is 17.8 Å². The summed E-state index contributed by atoms with van der Waals surface area (Å²) in [6, 6.07) is 8.28. The second-order valence-corrected chi connectivity index (χ2v) is 7.08. The van der Waals surface area contributed by atoms with Crippen molar-refractivity contribution in [3.63, 3.8) is 0 Å². The van der Waals surface area contributed by atoms with E-state index in [1.165, 1.54) is 45.6 Å². The third-order valence-electron chi connectivity index (χ3n) is 4.67. The van der Waals surface area contributed by atoms with Crippen molar-refractivity contribution in [1.82, 2.24) is 15.5 Å². The molecular weight excluding hydrogens is 405 g/mol. The molecule has 8 nitrogen and oxygen atoms in total. The summed E-state index contributed by atoms with van der Waals surface area (Å²) in [6.07, 6.45) is 0. The summed E-state index contributed by atoms with van der Waals surface area (Å²) in [5, 5.41) is 6.87. The minimum Gasteiger partial charge on any atom is -0.493 e. The van der Waals surface area contributed by atoms with E-state index in [-0.39, 0.29) is 17.4 Å². The van der Waals surface area contributed by atoms with Crippen LogP contribution in [0.3, 0.4) is 0 Å². The number of halogens is 1. The molecule has 1 atom stereocenters. The summed E-state index contributed by atoms with van der Waals surface area (Å²) in [6.45, 7) is 3.81. The number of benzene rings is 2. The Morgan fingerprint density at radius 1 is 1.06 bits per heavy atom. The van der Waals surface area contributed by atoms with Gasteiger partial charge in [0.2, 0.25) is 17.5 Å². The van der Waals surface area contributed by atoms with Gasteiger partial charge < -0.3 is 24.1 Å². The zero-order valence-electron chi connectivity index (χ0n) is 17.9. The van der Waals surface area contributed by atoms with Crippen LogP contribution in [0.4, 0.5) is 4.39 Å². The number of nitrogens with zero attached hydrogens (tertiary/aromatic N) is 2. The van der Waals surface area contributed by atoms with Crippen LogP contribution in [0.15, 0.2) is 40.9 Å². The van der Waals surface area contributed by atoms with Gasteiger partial charge in [0.25, 0.3) is 5.91 Å². The number of nitrogens with one attached hydrogen (secondary N) is 1. The van der Waals surface area contributed by atoms with E-state index in [0.717, 1.165) is 0 Å².